The van der Waals surface area contributed by atoms with Crippen LogP contribution in [0.3, 0.4) is 0 Å². The Hall–Kier alpha value is 0.846. The molecule has 0 unspecified atom stereocenters. The minimum absolute atomic E-state index is 0.332. The summed E-state index contributed by atoms with van der Waals surface area (Å²) in [4.78, 5) is 10.3. The monoisotopic (exact) mass is 362 g/mol. The van der Waals surface area contributed by atoms with Gasteiger partial charge in [0.15, 0.2) is 0 Å². The zero-order valence-corrected chi connectivity index (χ0v) is 19.5. The first kappa shape index (κ1) is 24.8. The third-order valence-electron chi connectivity index (χ3n) is 4.52. The number of allylic oxidation sites excluding steroid dienone is 2. The normalized spacial score (nSPS) is 13.8. The number of hydrogen-bond acceptors (Lipinski definition) is 1. The third kappa shape index (κ3) is 25.1. The molecule has 0 aromatic heterocycles. The van der Waals surface area contributed by atoms with E-state index in [1.54, 1.807) is 12.8 Å². The number of carboxylic acid groups (broad SMARTS) is 1. The van der Waals surface area contributed by atoms with E-state index >= 15 is 0 Å². The molecule has 0 spiro atoms. The number of unbranched alkanes of at least 4 members (excludes halogenated alkanes) is 11. The quantitative estimate of drug-likeness (QED) is 0.196. The van der Waals surface area contributed by atoms with Crippen molar-refractivity contribution in [3.05, 3.63) is 12.2 Å². The molecule has 136 valence electrons. The van der Waals surface area contributed by atoms with E-state index in [1.807, 2.05) is 0 Å². The Kier molecular flexibility index (Phi) is 20.9. The number of carbonyl (C=O) groups is 1. The fourth-order valence-corrected chi connectivity index (χ4v) is 3.03. The molecule has 0 heterocycles. The van der Waals surface area contributed by atoms with Gasteiger partial charge in [0, 0.05) is 6.42 Å². The molecule has 0 bridgehead atoms. The zero-order valence-electron chi connectivity index (χ0n) is 16.4. The molecule has 1 N–H and O–H groups in total. The maximum absolute atomic E-state index is 10.3. The maximum atomic E-state index is 10.3. The molecule has 1 fully saturated rings. The summed E-state index contributed by atoms with van der Waals surface area (Å²) >= 11 is 1.17. The van der Waals surface area contributed by atoms with Crippen LogP contribution in [-0.4, -0.2) is 60.0 Å². The molecule has 1 saturated carbocycles. The van der Waals surface area contributed by atoms with Crippen LogP contribution in [0.15, 0.2) is 12.2 Å². The van der Waals surface area contributed by atoms with Crippen LogP contribution in [0.5, 0.6) is 0 Å². The van der Waals surface area contributed by atoms with Crippen LogP contribution >= 0.6 is 0 Å². The summed E-state index contributed by atoms with van der Waals surface area (Å²) in [7, 11) is 0. The van der Waals surface area contributed by atoms with Crippen LogP contribution in [0.4, 0.5) is 0 Å². The summed E-state index contributed by atoms with van der Waals surface area (Å²) in [5.74, 6) is -0.664. The molecule has 24 heavy (non-hydrogen) atoms. The van der Waals surface area contributed by atoms with Gasteiger partial charge in [0.1, 0.15) is 0 Å². The topological polar surface area (TPSA) is 37.3 Å². The first-order valence-electron chi connectivity index (χ1n) is 10.5. The van der Waals surface area contributed by atoms with Gasteiger partial charge in [-0.3, -0.25) is 4.79 Å². The molecular weight excluding hydrogens is 323 g/mol. The van der Waals surface area contributed by atoms with Crippen LogP contribution in [0, 0.1) is 0 Å². The SMILES string of the molecule is CCCCCCCC/C=C\CCCCCCCC(=O)O.[K][CH]1CC1. The van der Waals surface area contributed by atoms with E-state index in [4.69, 9.17) is 5.11 Å². The van der Waals surface area contributed by atoms with E-state index in [2.05, 4.69) is 19.1 Å². The first-order chi connectivity index (χ1) is 11.7. The molecule has 0 aliphatic heterocycles. The van der Waals surface area contributed by atoms with E-state index in [0.29, 0.717) is 6.42 Å². The van der Waals surface area contributed by atoms with Gasteiger partial charge in [-0.25, -0.2) is 0 Å². The van der Waals surface area contributed by atoms with Crippen molar-refractivity contribution in [3.63, 3.8) is 0 Å². The fraction of sp³-hybridized carbons (Fsp3) is 0.857. The molecule has 3 heteroatoms. The van der Waals surface area contributed by atoms with E-state index in [9.17, 15) is 4.79 Å². The summed E-state index contributed by atoms with van der Waals surface area (Å²) in [5, 5.41) is 8.51. The van der Waals surface area contributed by atoms with Crippen molar-refractivity contribution in [2.24, 2.45) is 0 Å². The second-order valence-corrected chi connectivity index (χ2v) is 9.96. The second kappa shape index (κ2) is 20.2. The van der Waals surface area contributed by atoms with Crippen LogP contribution in [-0.2, 0) is 4.79 Å². The molecular formula is C21H39KO2. The van der Waals surface area contributed by atoms with Crippen molar-refractivity contribution < 1.29 is 9.90 Å². The Bertz CT molecular complexity index is 298. The fourth-order valence-electron chi connectivity index (χ4n) is 2.51. The Morgan fingerprint density at radius 1 is 0.875 bits per heavy atom. The average Bonchev–Trinajstić information content (AvgIpc) is 3.34. The summed E-state index contributed by atoms with van der Waals surface area (Å²) < 4.78 is 1.27. The van der Waals surface area contributed by atoms with Gasteiger partial charge in [-0.15, -0.1) is 0 Å². The van der Waals surface area contributed by atoms with E-state index in [1.165, 1.54) is 120 Å². The summed E-state index contributed by atoms with van der Waals surface area (Å²) in [5.41, 5.74) is 0. The van der Waals surface area contributed by atoms with Crippen molar-refractivity contribution in [2.45, 2.75) is 110 Å². The van der Waals surface area contributed by atoms with Gasteiger partial charge in [0.05, 0.1) is 0 Å². The molecule has 2 nitrogen and oxygen atoms in total. The van der Waals surface area contributed by atoms with Crippen molar-refractivity contribution in [2.75, 3.05) is 0 Å². The van der Waals surface area contributed by atoms with Gasteiger partial charge < -0.3 is 5.11 Å². The molecule has 1 aliphatic rings. The molecule has 0 atom stereocenters. The van der Waals surface area contributed by atoms with Gasteiger partial charge >= 0.3 is 67.8 Å². The van der Waals surface area contributed by atoms with Gasteiger partial charge in [0.2, 0.25) is 0 Å². The number of aliphatic carboxylic acids is 1. The number of rotatable bonds is 15. The predicted molar refractivity (Wildman–Crippen MR) is 106 cm³/mol. The first-order valence-corrected chi connectivity index (χ1v) is 12.3. The Morgan fingerprint density at radius 2 is 1.29 bits per heavy atom. The Balaban J connectivity index is 0.00000114. The minimum atomic E-state index is -0.664. The van der Waals surface area contributed by atoms with Gasteiger partial charge in [-0.2, -0.15) is 0 Å². The van der Waals surface area contributed by atoms with Crippen molar-refractivity contribution in [1.82, 2.24) is 0 Å². The standard InChI is InChI=1S/C18H34O2.C3H5.K/c1-2-3-4-5-6-7-8-9-10-11-12-13-14-15-16-17-18(19)20;1-2-3-1;/h9-10H,2-8,11-17H2,1H3,(H,19,20);1H,2-3H2;/b10-9-;;. The summed E-state index contributed by atoms with van der Waals surface area (Å²) in [6.45, 7) is 2.26. The van der Waals surface area contributed by atoms with Crippen LogP contribution in [0.25, 0.3) is 0 Å². The number of hydrogen-bond donors (Lipinski definition) is 1. The van der Waals surface area contributed by atoms with Crippen molar-refractivity contribution in [3.8, 4) is 0 Å². The summed E-state index contributed by atoms with van der Waals surface area (Å²) in [6, 6.07) is 0. The molecule has 0 saturated heterocycles. The molecule has 0 amide bonds. The second-order valence-electron chi connectivity index (χ2n) is 7.41. The molecule has 1 aliphatic carbocycles. The van der Waals surface area contributed by atoms with E-state index < -0.39 is 5.97 Å². The predicted octanol–water partition coefficient (Wildman–Crippen LogP) is 6.85. The van der Waals surface area contributed by atoms with Crippen molar-refractivity contribution in [1.29, 1.82) is 0 Å². The van der Waals surface area contributed by atoms with E-state index in [-0.39, 0.29) is 0 Å². The Morgan fingerprint density at radius 3 is 1.71 bits per heavy atom. The molecule has 0 aromatic rings. The Labute approximate surface area is 184 Å². The number of carboxylic acids is 1. The van der Waals surface area contributed by atoms with Gasteiger partial charge in [0.25, 0.3) is 0 Å². The summed E-state index contributed by atoms with van der Waals surface area (Å²) in [6.07, 6.45) is 24.4. The zero-order chi connectivity index (χ0) is 17.9. The molecule has 0 aromatic carbocycles. The van der Waals surface area contributed by atoms with Crippen LogP contribution in [0.2, 0.25) is 0.0125 Å². The van der Waals surface area contributed by atoms with Gasteiger partial charge in [-0.1, -0.05) is 70.4 Å². The van der Waals surface area contributed by atoms with Crippen molar-refractivity contribution >= 4 is 54.9 Å². The third-order valence-corrected chi connectivity index (χ3v) is 6.32. The molecule has 0 radical (unpaired) electrons. The van der Waals surface area contributed by atoms with E-state index in [0.717, 1.165) is 12.8 Å². The van der Waals surface area contributed by atoms with Crippen LogP contribution in [0.1, 0.15) is 110 Å². The average molecular weight is 363 g/mol. The molecule has 1 rings (SSSR count). The van der Waals surface area contributed by atoms with Gasteiger partial charge in [-0.05, 0) is 32.1 Å². The van der Waals surface area contributed by atoms with Crippen LogP contribution < -0.4 is 0 Å².